The van der Waals surface area contributed by atoms with E-state index in [1.807, 2.05) is 24.3 Å². The second-order valence-corrected chi connectivity index (χ2v) is 6.16. The van der Waals surface area contributed by atoms with Gasteiger partial charge in [-0.15, -0.1) is 5.10 Å². The van der Waals surface area contributed by atoms with Gasteiger partial charge in [-0.3, -0.25) is 4.90 Å². The number of hydrogen-bond acceptors (Lipinski definition) is 5. The molecule has 2 aromatic rings. The summed E-state index contributed by atoms with van der Waals surface area (Å²) in [6, 6.07) is 7.40. The summed E-state index contributed by atoms with van der Waals surface area (Å²) >= 11 is 11.2. The fourth-order valence-electron chi connectivity index (χ4n) is 2.54. The van der Waals surface area contributed by atoms with Crippen LogP contribution in [0.5, 0.6) is 0 Å². The summed E-state index contributed by atoms with van der Waals surface area (Å²) in [6.45, 7) is 8.21. The normalized spacial score (nSPS) is 17.0. The molecule has 0 amide bonds. The molecule has 0 bridgehead atoms. The molecule has 7 heteroatoms. The first kappa shape index (κ1) is 15.7. The zero-order valence-corrected chi connectivity index (χ0v) is 14.1. The predicted molar refractivity (Wildman–Crippen MR) is 89.5 cm³/mol. The van der Waals surface area contributed by atoms with Gasteiger partial charge < -0.3 is 9.32 Å². The zero-order chi connectivity index (χ0) is 15.5. The van der Waals surface area contributed by atoms with Gasteiger partial charge in [-0.2, -0.15) is 0 Å². The van der Waals surface area contributed by atoms with E-state index in [9.17, 15) is 0 Å². The molecule has 1 saturated heterocycles. The van der Waals surface area contributed by atoms with Crippen LogP contribution in [-0.4, -0.2) is 52.3 Å². The number of piperazine rings is 1. The Labute approximate surface area is 140 Å². The Kier molecular flexibility index (Phi) is 4.93. The minimum Gasteiger partial charge on any atom is -0.409 e. The first-order valence-electron chi connectivity index (χ1n) is 7.44. The summed E-state index contributed by atoms with van der Waals surface area (Å²) in [5.74, 6) is 0.536. The molecule has 0 radical (unpaired) electrons. The fourth-order valence-corrected chi connectivity index (χ4v) is 2.84. The molecule has 1 aromatic heterocycles. The predicted octanol–water partition coefficient (Wildman–Crippen LogP) is 3.12. The van der Waals surface area contributed by atoms with Crippen LogP contribution in [0.1, 0.15) is 6.92 Å². The summed E-state index contributed by atoms with van der Waals surface area (Å²) in [6.07, 6.45) is 0. The molecular weight excluding hydrogens is 320 g/mol. The Morgan fingerprint density at radius 2 is 1.77 bits per heavy atom. The molecule has 1 aliphatic heterocycles. The molecule has 5 nitrogen and oxygen atoms in total. The summed E-state index contributed by atoms with van der Waals surface area (Å²) < 4.78 is 7.36. The molecule has 118 valence electrons. The van der Waals surface area contributed by atoms with Crippen LogP contribution in [-0.2, 0) is 6.67 Å². The van der Waals surface area contributed by atoms with Gasteiger partial charge in [-0.1, -0.05) is 18.5 Å². The number of benzene rings is 1. The topological polar surface area (TPSA) is 37.4 Å². The van der Waals surface area contributed by atoms with Crippen molar-refractivity contribution in [3.63, 3.8) is 0 Å². The number of likely N-dealkylation sites (N-methyl/N-ethyl adjacent to an activating group) is 1. The van der Waals surface area contributed by atoms with Crippen LogP contribution in [0.25, 0.3) is 11.5 Å². The van der Waals surface area contributed by atoms with Gasteiger partial charge in [-0.25, -0.2) is 4.68 Å². The van der Waals surface area contributed by atoms with E-state index in [1.165, 1.54) is 0 Å². The van der Waals surface area contributed by atoms with Crippen molar-refractivity contribution in [1.82, 2.24) is 19.6 Å². The largest absolute Gasteiger partial charge is 0.409 e. The molecule has 0 unspecified atom stereocenters. The number of hydrogen-bond donors (Lipinski definition) is 0. The maximum Gasteiger partial charge on any atom is 0.288 e. The summed E-state index contributed by atoms with van der Waals surface area (Å²) in [4.78, 5) is 5.19. The third-order valence-corrected chi connectivity index (χ3v) is 4.49. The van der Waals surface area contributed by atoms with E-state index in [1.54, 1.807) is 4.68 Å². The lowest BCUT2D eigenvalue weighted by Gasteiger charge is -2.33. The number of halogens is 1. The number of rotatable bonds is 4. The van der Waals surface area contributed by atoms with E-state index in [0.717, 1.165) is 38.3 Å². The molecule has 0 spiro atoms. The lowest BCUT2D eigenvalue weighted by atomic mass is 10.2. The highest BCUT2D eigenvalue weighted by molar-refractivity contribution is 7.71. The second-order valence-electron chi connectivity index (χ2n) is 5.37. The van der Waals surface area contributed by atoms with Crippen LogP contribution in [0.2, 0.25) is 5.02 Å². The van der Waals surface area contributed by atoms with Crippen molar-refractivity contribution >= 4 is 23.8 Å². The monoisotopic (exact) mass is 338 g/mol. The van der Waals surface area contributed by atoms with Crippen LogP contribution in [0.15, 0.2) is 28.7 Å². The van der Waals surface area contributed by atoms with E-state index < -0.39 is 0 Å². The fraction of sp³-hybridized carbons (Fsp3) is 0.467. The quantitative estimate of drug-likeness (QED) is 0.801. The van der Waals surface area contributed by atoms with Crippen molar-refractivity contribution in [3.05, 3.63) is 34.1 Å². The average molecular weight is 339 g/mol. The molecule has 2 heterocycles. The molecule has 0 N–H and O–H groups in total. The van der Waals surface area contributed by atoms with E-state index in [4.69, 9.17) is 28.2 Å². The lowest BCUT2D eigenvalue weighted by molar-refractivity contribution is 0.105. The van der Waals surface area contributed by atoms with Crippen molar-refractivity contribution in [2.24, 2.45) is 0 Å². The van der Waals surface area contributed by atoms with Crippen molar-refractivity contribution < 1.29 is 4.42 Å². The van der Waals surface area contributed by atoms with Gasteiger partial charge in [0, 0.05) is 36.8 Å². The Hall–Kier alpha value is -1.21. The van der Waals surface area contributed by atoms with Crippen LogP contribution in [0.4, 0.5) is 0 Å². The smallest absolute Gasteiger partial charge is 0.288 e. The zero-order valence-electron chi connectivity index (χ0n) is 12.5. The molecule has 3 rings (SSSR count). The maximum atomic E-state index is 5.90. The first-order valence-corrected chi connectivity index (χ1v) is 8.23. The third kappa shape index (κ3) is 3.57. The maximum absolute atomic E-state index is 5.90. The third-order valence-electron chi connectivity index (χ3n) is 3.94. The molecular formula is C15H19ClN4OS. The molecule has 1 fully saturated rings. The Bertz CT molecular complexity index is 674. The van der Waals surface area contributed by atoms with Crippen LogP contribution >= 0.6 is 23.8 Å². The van der Waals surface area contributed by atoms with Gasteiger partial charge in [0.15, 0.2) is 0 Å². The average Bonchev–Trinajstić information content (AvgIpc) is 2.90. The highest BCUT2D eigenvalue weighted by Gasteiger charge is 2.17. The van der Waals surface area contributed by atoms with Crippen molar-refractivity contribution in [1.29, 1.82) is 0 Å². The molecule has 22 heavy (non-hydrogen) atoms. The van der Waals surface area contributed by atoms with Crippen LogP contribution in [0.3, 0.4) is 0 Å². The van der Waals surface area contributed by atoms with E-state index in [2.05, 4.69) is 21.8 Å². The summed E-state index contributed by atoms with van der Waals surface area (Å²) in [7, 11) is 0. The SMILES string of the molecule is CCN1CCN(Cn2nc(-c3ccc(Cl)cc3)oc2=S)CC1. The van der Waals surface area contributed by atoms with E-state index in [-0.39, 0.29) is 0 Å². The number of aromatic nitrogens is 2. The Morgan fingerprint density at radius 1 is 1.14 bits per heavy atom. The Balaban J connectivity index is 1.70. The van der Waals surface area contributed by atoms with Crippen LogP contribution < -0.4 is 0 Å². The number of nitrogens with zero attached hydrogens (tertiary/aromatic N) is 4. The van der Waals surface area contributed by atoms with Crippen molar-refractivity contribution in [2.45, 2.75) is 13.6 Å². The van der Waals surface area contributed by atoms with Gasteiger partial charge in [0.1, 0.15) is 0 Å². The van der Waals surface area contributed by atoms with Crippen molar-refractivity contribution in [3.8, 4) is 11.5 Å². The van der Waals surface area contributed by atoms with Crippen LogP contribution in [0, 0.1) is 4.84 Å². The van der Waals surface area contributed by atoms with Gasteiger partial charge in [-0.05, 0) is 43.0 Å². The molecule has 0 saturated carbocycles. The highest BCUT2D eigenvalue weighted by Crippen LogP contribution is 2.20. The van der Waals surface area contributed by atoms with Gasteiger partial charge >= 0.3 is 0 Å². The lowest BCUT2D eigenvalue weighted by Crippen LogP contribution is -2.46. The molecule has 0 atom stereocenters. The van der Waals surface area contributed by atoms with Gasteiger partial charge in [0.05, 0.1) is 6.67 Å². The molecule has 1 aromatic carbocycles. The Morgan fingerprint density at radius 3 is 2.41 bits per heavy atom. The van der Waals surface area contributed by atoms with E-state index in [0.29, 0.717) is 22.4 Å². The van der Waals surface area contributed by atoms with Gasteiger partial charge in [0.2, 0.25) is 5.89 Å². The standard InChI is InChI=1S/C15H19ClN4OS/c1-2-18-7-9-19(10-8-18)11-20-15(22)21-14(17-20)12-3-5-13(16)6-4-12/h3-6H,2,7-11H2,1H3. The second kappa shape index (κ2) is 6.91. The summed E-state index contributed by atoms with van der Waals surface area (Å²) in [5.41, 5.74) is 0.880. The van der Waals surface area contributed by atoms with Gasteiger partial charge in [0.25, 0.3) is 4.84 Å². The molecule has 0 aliphatic carbocycles. The minimum absolute atomic E-state index is 0.405. The van der Waals surface area contributed by atoms with Crippen molar-refractivity contribution in [2.75, 3.05) is 32.7 Å². The summed E-state index contributed by atoms with van der Waals surface area (Å²) in [5, 5.41) is 5.18. The molecule has 1 aliphatic rings. The first-order chi connectivity index (χ1) is 10.7. The minimum atomic E-state index is 0.405. The highest BCUT2D eigenvalue weighted by atomic mass is 35.5. The van der Waals surface area contributed by atoms with E-state index >= 15 is 0 Å².